The molecule has 0 bridgehead atoms. The average Bonchev–Trinajstić information content (AvgIpc) is 2.79. The Hall–Kier alpha value is -3.37. The molecule has 3 heterocycles. The molecule has 0 spiro atoms. The van der Waals surface area contributed by atoms with E-state index < -0.39 is 5.60 Å². The minimum Gasteiger partial charge on any atom is -0.495 e. The highest BCUT2D eigenvalue weighted by Gasteiger charge is 2.26. The molecule has 186 valence electrons. The van der Waals surface area contributed by atoms with Crippen LogP contribution in [0.4, 0.5) is 16.2 Å². The monoisotopic (exact) mass is 500 g/mol. The molecule has 3 aromatic rings. The first-order valence-electron chi connectivity index (χ1n) is 11.3. The molecule has 1 saturated heterocycles. The summed E-state index contributed by atoms with van der Waals surface area (Å²) in [6.45, 7) is 9.06. The molecule has 35 heavy (non-hydrogen) atoms. The van der Waals surface area contributed by atoms with E-state index in [0.717, 1.165) is 18.7 Å². The number of rotatable bonds is 5. The first-order chi connectivity index (χ1) is 16.6. The second kappa shape index (κ2) is 10.1. The van der Waals surface area contributed by atoms with E-state index in [9.17, 15) is 9.59 Å². The fourth-order valence-electron chi connectivity index (χ4n) is 3.93. The highest BCUT2D eigenvalue weighted by Crippen LogP contribution is 2.32. The number of anilines is 2. The summed E-state index contributed by atoms with van der Waals surface area (Å²) >= 11 is 6.15. The van der Waals surface area contributed by atoms with Crippen LogP contribution in [0.25, 0.3) is 10.9 Å². The summed E-state index contributed by atoms with van der Waals surface area (Å²) < 4.78 is 11.1. The number of pyridine rings is 1. The molecule has 1 amide bonds. The molecule has 1 aliphatic heterocycles. The molecule has 0 saturated carbocycles. The van der Waals surface area contributed by atoms with Crippen LogP contribution >= 0.6 is 11.6 Å². The molecule has 1 fully saturated rings. The number of fused-ring (bicyclic) bond motifs is 1. The zero-order valence-electron chi connectivity index (χ0n) is 20.2. The first kappa shape index (κ1) is 24.7. The largest absolute Gasteiger partial charge is 0.495 e. The van der Waals surface area contributed by atoms with Crippen LogP contribution < -0.4 is 15.6 Å². The molecule has 11 heteroatoms. The number of carbonyl (C=O) groups excluding carboxylic acids is 1. The lowest BCUT2D eigenvalue weighted by atomic mass is 10.1. The lowest BCUT2D eigenvalue weighted by Crippen LogP contribution is -2.49. The number of aromatic amines is 1. The van der Waals surface area contributed by atoms with Gasteiger partial charge in [0.25, 0.3) is 5.56 Å². The van der Waals surface area contributed by atoms with E-state index >= 15 is 0 Å². The lowest BCUT2D eigenvalue weighted by Gasteiger charge is -2.35. The number of nitrogens with one attached hydrogen (secondary N) is 2. The van der Waals surface area contributed by atoms with E-state index in [1.54, 1.807) is 18.1 Å². The first-order valence-corrected chi connectivity index (χ1v) is 11.7. The number of amides is 1. The van der Waals surface area contributed by atoms with Crippen molar-refractivity contribution < 1.29 is 14.3 Å². The Kier molecular flexibility index (Phi) is 7.13. The topological polar surface area (TPSA) is 113 Å². The van der Waals surface area contributed by atoms with Gasteiger partial charge in [-0.2, -0.15) is 5.10 Å². The van der Waals surface area contributed by atoms with Gasteiger partial charge in [0.05, 0.1) is 35.6 Å². The Balaban J connectivity index is 1.45. The van der Waals surface area contributed by atoms with E-state index in [1.165, 1.54) is 6.20 Å². The van der Waals surface area contributed by atoms with Crippen LogP contribution in [0.1, 0.15) is 26.3 Å². The van der Waals surface area contributed by atoms with E-state index in [4.69, 9.17) is 21.1 Å². The SMILES string of the molecule is COc1cc(CN2CCN(C(=O)OC(C)(C)C)CC2)ccc1Nc1cc(Cl)nc2cn[nH]c(=O)c12. The third-order valence-electron chi connectivity index (χ3n) is 5.56. The minimum absolute atomic E-state index is 0.244. The van der Waals surface area contributed by atoms with Crippen LogP contribution in [0.5, 0.6) is 5.75 Å². The summed E-state index contributed by atoms with van der Waals surface area (Å²) in [6.07, 6.45) is 1.18. The van der Waals surface area contributed by atoms with Crippen molar-refractivity contribution in [2.45, 2.75) is 32.9 Å². The number of benzene rings is 1. The number of H-pyrrole nitrogens is 1. The highest BCUT2D eigenvalue weighted by molar-refractivity contribution is 6.30. The maximum Gasteiger partial charge on any atom is 0.410 e. The molecule has 1 aromatic carbocycles. The molecule has 0 radical (unpaired) electrons. The standard InChI is InChI=1S/C24H29ClN6O4/c1-24(2,3)35-23(33)31-9-7-30(8-10-31)14-15-5-6-16(19(11-15)34-4)27-17-12-20(25)28-18-13-26-29-22(32)21(17)18/h5-6,11-13H,7-10,14H2,1-4H3,(H,27,28)(H,29,32). The third-order valence-corrected chi connectivity index (χ3v) is 5.76. The van der Waals surface area contributed by atoms with Crippen molar-refractivity contribution in [2.75, 3.05) is 38.6 Å². The van der Waals surface area contributed by atoms with Crippen molar-refractivity contribution in [1.29, 1.82) is 0 Å². The van der Waals surface area contributed by atoms with Crippen molar-refractivity contribution in [3.8, 4) is 5.75 Å². The minimum atomic E-state index is -0.501. The van der Waals surface area contributed by atoms with Crippen molar-refractivity contribution in [3.63, 3.8) is 0 Å². The maximum atomic E-state index is 12.4. The van der Waals surface area contributed by atoms with Gasteiger partial charge >= 0.3 is 6.09 Å². The van der Waals surface area contributed by atoms with Gasteiger partial charge < -0.3 is 19.7 Å². The van der Waals surface area contributed by atoms with Gasteiger partial charge in [-0.25, -0.2) is 14.9 Å². The molecule has 2 N–H and O–H groups in total. The molecular formula is C24H29ClN6O4. The number of methoxy groups -OCH3 is 1. The van der Waals surface area contributed by atoms with Gasteiger partial charge in [-0.1, -0.05) is 17.7 Å². The van der Waals surface area contributed by atoms with Gasteiger partial charge in [-0.05, 0) is 44.5 Å². The van der Waals surface area contributed by atoms with Crippen LogP contribution in [0.15, 0.2) is 35.3 Å². The normalized spacial score (nSPS) is 14.7. The quantitative estimate of drug-likeness (QED) is 0.509. The Labute approximate surface area is 208 Å². The van der Waals surface area contributed by atoms with Gasteiger partial charge in [-0.15, -0.1) is 0 Å². The van der Waals surface area contributed by atoms with Gasteiger partial charge in [0, 0.05) is 32.7 Å². The van der Waals surface area contributed by atoms with Gasteiger partial charge in [-0.3, -0.25) is 9.69 Å². The molecule has 1 aliphatic rings. The van der Waals surface area contributed by atoms with Gasteiger partial charge in [0.1, 0.15) is 16.5 Å². The highest BCUT2D eigenvalue weighted by atomic mass is 35.5. The molecular weight excluding hydrogens is 472 g/mol. The predicted octanol–water partition coefficient (Wildman–Crippen LogP) is 3.78. The van der Waals surface area contributed by atoms with E-state index in [-0.39, 0.29) is 16.8 Å². The number of halogens is 1. The fraction of sp³-hybridized carbons (Fsp3) is 0.417. The number of aromatic nitrogens is 3. The number of ether oxygens (including phenoxy) is 2. The fourth-order valence-corrected chi connectivity index (χ4v) is 4.13. The molecule has 4 rings (SSSR count). The van der Waals surface area contributed by atoms with E-state index in [2.05, 4.69) is 25.4 Å². The van der Waals surface area contributed by atoms with Gasteiger partial charge in [0.2, 0.25) is 0 Å². The van der Waals surface area contributed by atoms with Crippen molar-refractivity contribution in [2.24, 2.45) is 0 Å². The molecule has 10 nitrogen and oxygen atoms in total. The number of hydrogen-bond donors (Lipinski definition) is 2. The lowest BCUT2D eigenvalue weighted by molar-refractivity contribution is 0.0139. The second-order valence-electron chi connectivity index (χ2n) is 9.36. The van der Waals surface area contributed by atoms with Crippen molar-refractivity contribution in [3.05, 3.63) is 51.5 Å². The average molecular weight is 501 g/mol. The molecule has 0 atom stereocenters. The molecule has 0 aliphatic carbocycles. The van der Waals surface area contributed by atoms with E-state index in [1.807, 2.05) is 39.0 Å². The number of carbonyl (C=O) groups is 1. The van der Waals surface area contributed by atoms with Crippen LogP contribution in [0.3, 0.4) is 0 Å². The number of hydrogen-bond acceptors (Lipinski definition) is 8. The summed E-state index contributed by atoms with van der Waals surface area (Å²) in [7, 11) is 1.60. The van der Waals surface area contributed by atoms with Crippen molar-refractivity contribution in [1.82, 2.24) is 25.0 Å². The summed E-state index contributed by atoms with van der Waals surface area (Å²) in [4.78, 5) is 32.8. The Morgan fingerprint density at radius 1 is 1.17 bits per heavy atom. The molecule has 0 unspecified atom stereocenters. The zero-order chi connectivity index (χ0) is 25.2. The summed E-state index contributed by atoms with van der Waals surface area (Å²) in [5, 5.41) is 10.1. The zero-order valence-corrected chi connectivity index (χ0v) is 21.0. The number of nitrogens with zero attached hydrogens (tertiary/aromatic N) is 4. The van der Waals surface area contributed by atoms with Crippen LogP contribution in [0, 0.1) is 0 Å². The Morgan fingerprint density at radius 2 is 1.91 bits per heavy atom. The van der Waals surface area contributed by atoms with Crippen LogP contribution in [-0.4, -0.2) is 70.0 Å². The second-order valence-corrected chi connectivity index (χ2v) is 9.74. The van der Waals surface area contributed by atoms with Gasteiger partial charge in [0.15, 0.2) is 0 Å². The maximum absolute atomic E-state index is 12.4. The Morgan fingerprint density at radius 3 is 2.60 bits per heavy atom. The summed E-state index contributed by atoms with van der Waals surface area (Å²) in [5.74, 6) is 0.626. The molecule has 2 aromatic heterocycles. The predicted molar refractivity (Wildman–Crippen MR) is 135 cm³/mol. The van der Waals surface area contributed by atoms with Crippen LogP contribution in [-0.2, 0) is 11.3 Å². The third kappa shape index (κ3) is 6.01. The van der Waals surface area contributed by atoms with Crippen molar-refractivity contribution >= 4 is 40.0 Å². The van der Waals surface area contributed by atoms with E-state index in [0.29, 0.717) is 47.7 Å². The summed E-state index contributed by atoms with van der Waals surface area (Å²) in [6, 6.07) is 7.46. The summed E-state index contributed by atoms with van der Waals surface area (Å²) in [5.41, 5.74) is 1.79. The Bertz CT molecular complexity index is 1280. The smallest absolute Gasteiger partial charge is 0.410 e. The number of piperazine rings is 1. The van der Waals surface area contributed by atoms with Crippen LogP contribution in [0.2, 0.25) is 5.15 Å².